The van der Waals surface area contributed by atoms with Crippen molar-refractivity contribution in [1.29, 1.82) is 0 Å². The summed E-state index contributed by atoms with van der Waals surface area (Å²) in [5.41, 5.74) is 0.822. The maximum absolute atomic E-state index is 13.2. The first-order valence-corrected chi connectivity index (χ1v) is 5.83. The summed E-state index contributed by atoms with van der Waals surface area (Å²) in [6, 6.07) is 1.44. The van der Waals surface area contributed by atoms with Gasteiger partial charge in [0.15, 0.2) is 0 Å². The minimum absolute atomic E-state index is 0.373. The van der Waals surface area contributed by atoms with E-state index in [-0.39, 0.29) is 5.95 Å². The Bertz CT molecular complexity index is 332. The van der Waals surface area contributed by atoms with E-state index in [2.05, 4.69) is 9.97 Å². The molecule has 82 valence electrons. The maximum Gasteiger partial charge on any atom is 0.216 e. The summed E-state index contributed by atoms with van der Waals surface area (Å²) < 4.78 is 13.2. The molecule has 1 aromatic rings. The van der Waals surface area contributed by atoms with Crippen LogP contribution in [-0.4, -0.2) is 9.97 Å². The van der Waals surface area contributed by atoms with Crippen molar-refractivity contribution in [2.75, 3.05) is 0 Å². The lowest BCUT2D eigenvalue weighted by Gasteiger charge is -2.20. The molecule has 1 aromatic heterocycles. The highest BCUT2D eigenvalue weighted by molar-refractivity contribution is 5.07. The maximum atomic E-state index is 13.2. The van der Waals surface area contributed by atoms with E-state index in [4.69, 9.17) is 0 Å². The molecule has 0 aliphatic heterocycles. The monoisotopic (exact) mass is 208 g/mol. The number of aryl methyl sites for hydroxylation is 1. The van der Waals surface area contributed by atoms with E-state index in [9.17, 15) is 4.39 Å². The van der Waals surface area contributed by atoms with Gasteiger partial charge < -0.3 is 0 Å². The molecule has 0 unspecified atom stereocenters. The Labute approximate surface area is 89.9 Å². The first-order chi connectivity index (χ1) is 7.29. The molecule has 15 heavy (non-hydrogen) atoms. The van der Waals surface area contributed by atoms with Gasteiger partial charge in [0, 0.05) is 17.7 Å². The van der Waals surface area contributed by atoms with Crippen LogP contribution in [-0.2, 0) is 6.42 Å². The lowest BCUT2D eigenvalue weighted by atomic mass is 9.88. The van der Waals surface area contributed by atoms with Crippen molar-refractivity contribution < 1.29 is 4.39 Å². The standard InChI is InChI=1S/C12H17FN2/c1-2-10-8-11(13)15-12(14-10)9-6-4-3-5-7-9/h8-9H,2-7H2,1H3. The fourth-order valence-electron chi connectivity index (χ4n) is 2.21. The van der Waals surface area contributed by atoms with Crippen LogP contribution in [0.3, 0.4) is 0 Å². The van der Waals surface area contributed by atoms with Crippen LogP contribution in [0.1, 0.15) is 56.5 Å². The quantitative estimate of drug-likeness (QED) is 0.697. The smallest absolute Gasteiger partial charge is 0.216 e. The Morgan fingerprint density at radius 2 is 2.00 bits per heavy atom. The van der Waals surface area contributed by atoms with Crippen LogP contribution in [0.15, 0.2) is 6.07 Å². The third kappa shape index (κ3) is 2.52. The molecule has 0 N–H and O–H groups in total. The van der Waals surface area contributed by atoms with Crippen LogP contribution in [0, 0.1) is 5.95 Å². The van der Waals surface area contributed by atoms with Gasteiger partial charge in [0.1, 0.15) is 5.82 Å². The van der Waals surface area contributed by atoms with Gasteiger partial charge in [-0.15, -0.1) is 0 Å². The molecule has 1 aliphatic rings. The molecular formula is C12H17FN2. The number of aromatic nitrogens is 2. The number of halogens is 1. The van der Waals surface area contributed by atoms with E-state index in [1.165, 1.54) is 25.3 Å². The Morgan fingerprint density at radius 3 is 2.67 bits per heavy atom. The van der Waals surface area contributed by atoms with Gasteiger partial charge in [-0.25, -0.2) is 9.97 Å². The Kier molecular flexibility index (Phi) is 3.29. The molecule has 0 bridgehead atoms. The molecule has 0 radical (unpaired) electrons. The second kappa shape index (κ2) is 4.69. The highest BCUT2D eigenvalue weighted by Gasteiger charge is 2.19. The van der Waals surface area contributed by atoms with Crippen molar-refractivity contribution in [2.45, 2.75) is 51.4 Å². The zero-order valence-electron chi connectivity index (χ0n) is 9.17. The molecule has 0 aromatic carbocycles. The van der Waals surface area contributed by atoms with Crippen LogP contribution in [0.2, 0.25) is 0 Å². The summed E-state index contributed by atoms with van der Waals surface area (Å²) in [6.07, 6.45) is 6.77. The van der Waals surface area contributed by atoms with E-state index in [1.54, 1.807) is 0 Å². The fourth-order valence-corrected chi connectivity index (χ4v) is 2.21. The van der Waals surface area contributed by atoms with Gasteiger partial charge in [-0.05, 0) is 19.3 Å². The van der Waals surface area contributed by atoms with Gasteiger partial charge in [0.25, 0.3) is 0 Å². The Morgan fingerprint density at radius 1 is 1.27 bits per heavy atom. The molecule has 1 heterocycles. The average molecular weight is 208 g/mol. The van der Waals surface area contributed by atoms with Crippen LogP contribution >= 0.6 is 0 Å². The molecule has 0 saturated heterocycles. The molecule has 2 nitrogen and oxygen atoms in total. The normalized spacial score (nSPS) is 18.0. The van der Waals surface area contributed by atoms with E-state index in [1.807, 2.05) is 6.92 Å². The number of nitrogens with zero attached hydrogens (tertiary/aromatic N) is 2. The predicted octanol–water partition coefficient (Wildman–Crippen LogP) is 3.23. The van der Waals surface area contributed by atoms with Crippen molar-refractivity contribution in [1.82, 2.24) is 9.97 Å². The summed E-state index contributed by atoms with van der Waals surface area (Å²) in [7, 11) is 0. The summed E-state index contributed by atoms with van der Waals surface area (Å²) >= 11 is 0. The van der Waals surface area contributed by atoms with Gasteiger partial charge in [-0.2, -0.15) is 4.39 Å². The number of hydrogen-bond donors (Lipinski definition) is 0. The molecule has 1 fully saturated rings. The zero-order valence-corrected chi connectivity index (χ0v) is 9.17. The van der Waals surface area contributed by atoms with E-state index in [0.29, 0.717) is 5.92 Å². The van der Waals surface area contributed by atoms with E-state index in [0.717, 1.165) is 30.8 Å². The van der Waals surface area contributed by atoms with Crippen molar-refractivity contribution in [2.24, 2.45) is 0 Å². The molecular weight excluding hydrogens is 191 g/mol. The van der Waals surface area contributed by atoms with Crippen molar-refractivity contribution in [3.05, 3.63) is 23.5 Å². The molecule has 0 amide bonds. The predicted molar refractivity (Wildman–Crippen MR) is 57.2 cm³/mol. The minimum atomic E-state index is -0.373. The molecule has 1 saturated carbocycles. The fraction of sp³-hybridized carbons (Fsp3) is 0.667. The first-order valence-electron chi connectivity index (χ1n) is 5.83. The zero-order chi connectivity index (χ0) is 10.7. The van der Waals surface area contributed by atoms with Crippen molar-refractivity contribution in [3.63, 3.8) is 0 Å². The summed E-state index contributed by atoms with van der Waals surface area (Å²) in [4.78, 5) is 8.35. The second-order valence-electron chi connectivity index (χ2n) is 4.23. The van der Waals surface area contributed by atoms with E-state index < -0.39 is 0 Å². The van der Waals surface area contributed by atoms with Gasteiger partial charge in [0.2, 0.25) is 5.95 Å². The highest BCUT2D eigenvalue weighted by atomic mass is 19.1. The summed E-state index contributed by atoms with van der Waals surface area (Å²) in [6.45, 7) is 1.99. The second-order valence-corrected chi connectivity index (χ2v) is 4.23. The number of hydrogen-bond acceptors (Lipinski definition) is 2. The first kappa shape index (κ1) is 10.5. The van der Waals surface area contributed by atoms with Gasteiger partial charge in [-0.1, -0.05) is 26.2 Å². The molecule has 2 rings (SSSR count). The lowest BCUT2D eigenvalue weighted by molar-refractivity contribution is 0.420. The third-order valence-electron chi connectivity index (χ3n) is 3.10. The van der Waals surface area contributed by atoms with Gasteiger partial charge in [0.05, 0.1) is 0 Å². The largest absolute Gasteiger partial charge is 0.237 e. The third-order valence-corrected chi connectivity index (χ3v) is 3.10. The Hall–Kier alpha value is -0.990. The summed E-state index contributed by atoms with van der Waals surface area (Å²) in [5, 5.41) is 0. The number of rotatable bonds is 2. The average Bonchev–Trinajstić information content (AvgIpc) is 2.29. The lowest BCUT2D eigenvalue weighted by Crippen LogP contribution is -2.11. The molecule has 0 atom stereocenters. The minimum Gasteiger partial charge on any atom is -0.237 e. The van der Waals surface area contributed by atoms with Gasteiger partial charge in [-0.3, -0.25) is 0 Å². The van der Waals surface area contributed by atoms with Gasteiger partial charge >= 0.3 is 0 Å². The SMILES string of the molecule is CCc1cc(F)nc(C2CCCCC2)n1. The van der Waals surface area contributed by atoms with Crippen LogP contribution in [0.5, 0.6) is 0 Å². The summed E-state index contributed by atoms with van der Waals surface area (Å²) in [5.74, 6) is 0.744. The topological polar surface area (TPSA) is 25.8 Å². The molecule has 3 heteroatoms. The van der Waals surface area contributed by atoms with Crippen molar-refractivity contribution in [3.8, 4) is 0 Å². The van der Waals surface area contributed by atoms with Crippen molar-refractivity contribution >= 4 is 0 Å². The van der Waals surface area contributed by atoms with Crippen LogP contribution in [0.25, 0.3) is 0 Å². The molecule has 1 aliphatic carbocycles. The molecule has 0 spiro atoms. The van der Waals surface area contributed by atoms with Crippen LogP contribution < -0.4 is 0 Å². The van der Waals surface area contributed by atoms with E-state index >= 15 is 0 Å². The Balaban J connectivity index is 2.22. The highest BCUT2D eigenvalue weighted by Crippen LogP contribution is 2.30. The van der Waals surface area contributed by atoms with Crippen LogP contribution in [0.4, 0.5) is 4.39 Å².